The molecule has 0 saturated heterocycles. The third-order valence-electron chi connectivity index (χ3n) is 3.37. The molecule has 21 heavy (non-hydrogen) atoms. The van der Waals surface area contributed by atoms with Crippen molar-refractivity contribution in [1.82, 2.24) is 5.32 Å². The molecule has 0 aromatic heterocycles. The maximum absolute atomic E-state index is 12.2. The van der Waals surface area contributed by atoms with Crippen molar-refractivity contribution >= 4 is 11.9 Å². The molecule has 112 valence electrons. The van der Waals surface area contributed by atoms with Gasteiger partial charge in [-0.2, -0.15) is 0 Å². The highest BCUT2D eigenvalue weighted by atomic mass is 16.5. The van der Waals surface area contributed by atoms with Gasteiger partial charge in [-0.25, -0.2) is 0 Å². The number of aliphatic carboxylic acids is 1. The van der Waals surface area contributed by atoms with Crippen LogP contribution in [0.15, 0.2) is 30.4 Å². The molecule has 6 heteroatoms. The van der Waals surface area contributed by atoms with Crippen molar-refractivity contribution in [2.75, 3.05) is 14.2 Å². The Labute approximate surface area is 122 Å². The fourth-order valence-corrected chi connectivity index (χ4v) is 2.22. The lowest BCUT2D eigenvalue weighted by atomic mass is 10.1. The van der Waals surface area contributed by atoms with E-state index in [9.17, 15) is 9.59 Å². The number of ether oxygens (including phenoxy) is 2. The number of benzene rings is 1. The van der Waals surface area contributed by atoms with E-state index in [1.54, 1.807) is 30.4 Å². The summed E-state index contributed by atoms with van der Waals surface area (Å²) < 4.78 is 10.3. The number of methoxy groups -OCH3 is 2. The predicted octanol–water partition coefficient (Wildman–Crippen LogP) is 1.46. The van der Waals surface area contributed by atoms with Crippen LogP contribution in [-0.2, 0) is 4.79 Å². The SMILES string of the molecule is COc1ccc(C(=O)NC2C=CC(C(=O)O)C2)c(OC)c1. The number of carboxylic acid groups (broad SMARTS) is 1. The van der Waals surface area contributed by atoms with Gasteiger partial charge in [0.05, 0.1) is 25.7 Å². The summed E-state index contributed by atoms with van der Waals surface area (Å²) in [6.45, 7) is 0. The fourth-order valence-electron chi connectivity index (χ4n) is 2.22. The van der Waals surface area contributed by atoms with Gasteiger partial charge in [0, 0.05) is 12.1 Å². The van der Waals surface area contributed by atoms with Gasteiger partial charge in [-0.1, -0.05) is 12.2 Å². The molecule has 2 unspecified atom stereocenters. The quantitative estimate of drug-likeness (QED) is 0.802. The van der Waals surface area contributed by atoms with E-state index in [2.05, 4.69) is 5.32 Å². The van der Waals surface area contributed by atoms with Crippen molar-refractivity contribution in [3.8, 4) is 11.5 Å². The molecule has 0 radical (unpaired) electrons. The van der Waals surface area contributed by atoms with Gasteiger partial charge in [0.15, 0.2) is 0 Å². The van der Waals surface area contributed by atoms with Crippen LogP contribution in [-0.4, -0.2) is 37.2 Å². The molecular formula is C15H17NO5. The summed E-state index contributed by atoms with van der Waals surface area (Å²) in [4.78, 5) is 23.1. The maximum atomic E-state index is 12.2. The van der Waals surface area contributed by atoms with Crippen molar-refractivity contribution in [3.63, 3.8) is 0 Å². The highest BCUT2D eigenvalue weighted by Crippen LogP contribution is 2.25. The maximum Gasteiger partial charge on any atom is 0.310 e. The van der Waals surface area contributed by atoms with Gasteiger partial charge in [-0.15, -0.1) is 0 Å². The molecule has 0 bridgehead atoms. The first-order valence-corrected chi connectivity index (χ1v) is 6.49. The van der Waals surface area contributed by atoms with E-state index in [4.69, 9.17) is 14.6 Å². The van der Waals surface area contributed by atoms with Gasteiger partial charge < -0.3 is 19.9 Å². The Balaban J connectivity index is 2.08. The number of carbonyl (C=O) groups excluding carboxylic acids is 1. The third-order valence-corrected chi connectivity index (χ3v) is 3.37. The smallest absolute Gasteiger partial charge is 0.310 e. The largest absolute Gasteiger partial charge is 0.497 e. The highest BCUT2D eigenvalue weighted by molar-refractivity contribution is 5.97. The van der Waals surface area contributed by atoms with Gasteiger partial charge in [0.2, 0.25) is 0 Å². The van der Waals surface area contributed by atoms with Crippen LogP contribution in [0.5, 0.6) is 11.5 Å². The second-order valence-corrected chi connectivity index (χ2v) is 4.71. The van der Waals surface area contributed by atoms with E-state index >= 15 is 0 Å². The number of amides is 1. The summed E-state index contributed by atoms with van der Waals surface area (Å²) in [5, 5.41) is 11.7. The lowest BCUT2D eigenvalue weighted by Gasteiger charge is -2.14. The van der Waals surface area contributed by atoms with Crippen LogP contribution in [0.4, 0.5) is 0 Å². The van der Waals surface area contributed by atoms with Gasteiger partial charge in [0.1, 0.15) is 11.5 Å². The van der Waals surface area contributed by atoms with Crippen molar-refractivity contribution in [2.45, 2.75) is 12.5 Å². The summed E-state index contributed by atoms with van der Waals surface area (Å²) in [7, 11) is 3.01. The number of hydrogen-bond acceptors (Lipinski definition) is 4. The lowest BCUT2D eigenvalue weighted by molar-refractivity contribution is -0.140. The zero-order chi connectivity index (χ0) is 15.4. The number of nitrogens with one attached hydrogen (secondary N) is 1. The molecule has 0 saturated carbocycles. The molecule has 1 aromatic carbocycles. The minimum Gasteiger partial charge on any atom is -0.497 e. The molecule has 0 aliphatic heterocycles. The van der Waals surface area contributed by atoms with Crippen molar-refractivity contribution < 1.29 is 24.2 Å². The molecule has 0 spiro atoms. The molecule has 2 N–H and O–H groups in total. The minimum atomic E-state index is -0.884. The molecule has 6 nitrogen and oxygen atoms in total. The molecular weight excluding hydrogens is 274 g/mol. The van der Waals surface area contributed by atoms with Crippen LogP contribution in [0.3, 0.4) is 0 Å². The van der Waals surface area contributed by atoms with Crippen molar-refractivity contribution in [1.29, 1.82) is 0 Å². The van der Waals surface area contributed by atoms with E-state index in [0.717, 1.165) is 0 Å². The van der Waals surface area contributed by atoms with E-state index in [-0.39, 0.29) is 11.9 Å². The van der Waals surface area contributed by atoms with Crippen LogP contribution in [0.25, 0.3) is 0 Å². The van der Waals surface area contributed by atoms with E-state index < -0.39 is 11.9 Å². The third kappa shape index (κ3) is 3.34. The van der Waals surface area contributed by atoms with Crippen LogP contribution >= 0.6 is 0 Å². The molecule has 1 amide bonds. The molecule has 1 aliphatic rings. The van der Waals surface area contributed by atoms with Crippen molar-refractivity contribution in [2.24, 2.45) is 5.92 Å². The van der Waals surface area contributed by atoms with Gasteiger partial charge >= 0.3 is 5.97 Å². The van der Waals surface area contributed by atoms with Gasteiger partial charge in [-0.05, 0) is 18.6 Å². The average Bonchev–Trinajstić information content (AvgIpc) is 2.95. The standard InChI is InChI=1S/C15H17NO5/c1-20-11-5-6-12(13(8-11)21-2)14(17)16-10-4-3-9(7-10)15(18)19/h3-6,8-10H,7H2,1-2H3,(H,16,17)(H,18,19). The Bertz CT molecular complexity index is 581. The Hall–Kier alpha value is -2.50. The van der Waals surface area contributed by atoms with E-state index in [1.807, 2.05) is 0 Å². The molecule has 1 aliphatic carbocycles. The topological polar surface area (TPSA) is 84.9 Å². The van der Waals surface area contributed by atoms with E-state index in [0.29, 0.717) is 23.5 Å². The van der Waals surface area contributed by atoms with Crippen molar-refractivity contribution in [3.05, 3.63) is 35.9 Å². The van der Waals surface area contributed by atoms with Crippen LogP contribution < -0.4 is 14.8 Å². The summed E-state index contributed by atoms with van der Waals surface area (Å²) in [5.74, 6) is -0.744. The second-order valence-electron chi connectivity index (χ2n) is 4.71. The molecule has 2 rings (SSSR count). The van der Waals surface area contributed by atoms with Gasteiger partial charge in [0.25, 0.3) is 5.91 Å². The van der Waals surface area contributed by atoms with Crippen LogP contribution in [0.1, 0.15) is 16.8 Å². The average molecular weight is 291 g/mol. The molecule has 0 heterocycles. The number of carbonyl (C=O) groups is 2. The zero-order valence-electron chi connectivity index (χ0n) is 11.8. The first-order chi connectivity index (χ1) is 10.0. The molecule has 2 atom stereocenters. The number of hydrogen-bond donors (Lipinski definition) is 2. The first kappa shape index (κ1) is 14.9. The molecule has 1 aromatic rings. The second kappa shape index (κ2) is 6.30. The normalized spacial score (nSPS) is 20.1. The predicted molar refractivity (Wildman–Crippen MR) is 75.7 cm³/mol. The lowest BCUT2D eigenvalue weighted by Crippen LogP contribution is -2.33. The van der Waals surface area contributed by atoms with Crippen LogP contribution in [0, 0.1) is 5.92 Å². The van der Waals surface area contributed by atoms with Gasteiger partial charge in [-0.3, -0.25) is 9.59 Å². The monoisotopic (exact) mass is 291 g/mol. The summed E-state index contributed by atoms with van der Waals surface area (Å²) >= 11 is 0. The highest BCUT2D eigenvalue weighted by Gasteiger charge is 2.26. The summed E-state index contributed by atoms with van der Waals surface area (Å²) in [6, 6.07) is 4.62. The minimum absolute atomic E-state index is 0.287. The van der Waals surface area contributed by atoms with E-state index in [1.165, 1.54) is 14.2 Å². The fraction of sp³-hybridized carbons (Fsp3) is 0.333. The molecule has 0 fully saturated rings. The van der Waals surface area contributed by atoms with Crippen LogP contribution in [0.2, 0.25) is 0 Å². The zero-order valence-corrected chi connectivity index (χ0v) is 11.8. The summed E-state index contributed by atoms with van der Waals surface area (Å²) in [6.07, 6.45) is 3.66. The summed E-state index contributed by atoms with van der Waals surface area (Å²) in [5.41, 5.74) is 0.380. The Morgan fingerprint density at radius 2 is 2.00 bits per heavy atom. The Morgan fingerprint density at radius 1 is 1.24 bits per heavy atom. The number of carboxylic acids is 1. The first-order valence-electron chi connectivity index (χ1n) is 6.49. The Morgan fingerprint density at radius 3 is 2.57 bits per heavy atom. The Kier molecular flexibility index (Phi) is 4.47. The number of rotatable bonds is 5.